The molecule has 0 aromatic rings. The van der Waals surface area contributed by atoms with Gasteiger partial charge in [0.25, 0.3) is 16.6 Å². The Morgan fingerprint density at radius 2 is 0.771 bits per heavy atom. The first kappa shape index (κ1) is 49.0. The highest BCUT2D eigenvalue weighted by Crippen LogP contribution is 2.72. The third-order valence-corrected chi connectivity index (χ3v) is 22.6. The minimum absolute atomic E-state index is 0.0383. The first-order valence-corrected chi connectivity index (χ1v) is 25.6. The van der Waals surface area contributed by atoms with Crippen molar-refractivity contribution in [1.82, 2.24) is 4.90 Å². The monoisotopic (exact) mass is 872 g/mol. The van der Waals surface area contributed by atoms with Gasteiger partial charge in [0.15, 0.2) is 0 Å². The predicted molar refractivity (Wildman–Crippen MR) is 159 cm³/mol. The molecule has 0 rings (SSSR count). The lowest BCUT2D eigenvalue weighted by Crippen LogP contribution is -2.67. The van der Waals surface area contributed by atoms with Gasteiger partial charge in [0.05, 0.1) is 20.1 Å². The van der Waals surface area contributed by atoms with Gasteiger partial charge in [-0.15, -0.1) is 0 Å². The zero-order valence-corrected chi connectivity index (χ0v) is 31.6. The number of hydrogen-bond acceptors (Lipinski definition) is 10. The molecule has 0 aromatic heterocycles. The molecule has 36 heteroatoms. The highest BCUT2D eigenvalue weighted by Gasteiger charge is 2.70. The van der Waals surface area contributed by atoms with Crippen molar-refractivity contribution in [1.29, 1.82) is 0 Å². The summed E-state index contributed by atoms with van der Waals surface area (Å²) in [5.41, 5.74) is -8.93. The van der Waals surface area contributed by atoms with Crippen molar-refractivity contribution < 1.29 is 124 Å². The van der Waals surface area contributed by atoms with E-state index in [0.29, 0.717) is 14.1 Å². The maximum atomic E-state index is 12.7. The highest BCUT2D eigenvalue weighted by molar-refractivity contribution is 7.72. The van der Waals surface area contributed by atoms with Crippen LogP contribution >= 0.6 is 60.8 Å². The van der Waals surface area contributed by atoms with Crippen LogP contribution in [0, 0.1) is 0 Å². The molecule has 0 aromatic carbocycles. The quantitative estimate of drug-likeness (QED) is 0.0406. The van der Waals surface area contributed by atoms with Crippen molar-refractivity contribution in [3.05, 3.63) is 0 Å². The van der Waals surface area contributed by atoms with Crippen LogP contribution < -0.4 is 5.73 Å². The van der Waals surface area contributed by atoms with E-state index < -0.39 is 131 Å². The number of rotatable bonds is 20. The largest absolute Gasteiger partial charge is 0.395 e. The number of likely N-dealkylation sites (N-methyl/N-ethyl adjacent to an activating group) is 2. The van der Waals surface area contributed by atoms with Gasteiger partial charge in [-0.2, -0.15) is 0 Å². The molecule has 0 radical (unpaired) electrons. The van der Waals surface area contributed by atoms with E-state index in [9.17, 15) is 115 Å². The summed E-state index contributed by atoms with van der Waals surface area (Å²) in [6.07, 6.45) is 0. The second-order valence-electron chi connectivity index (χ2n) is 10.8. The van der Waals surface area contributed by atoms with Crippen LogP contribution in [0.1, 0.15) is 0 Å². The lowest BCUT2D eigenvalue weighted by molar-refractivity contribution is -0.974. The molecule has 0 aliphatic rings. The molecule has 0 spiro atoms. The van der Waals surface area contributed by atoms with Crippen molar-refractivity contribution in [2.45, 2.75) is 22.1 Å². The number of quaternary nitrogens is 2. The van der Waals surface area contributed by atoms with Crippen LogP contribution in [0.4, 0.5) is 0 Å². The van der Waals surface area contributed by atoms with Crippen LogP contribution in [0.25, 0.3) is 0 Å². The maximum Gasteiger partial charge on any atom is 0.395 e. The molecule has 0 saturated heterocycles. The smallest absolute Gasteiger partial charge is 0.326 e. The van der Waals surface area contributed by atoms with Crippen LogP contribution in [0.15, 0.2) is 0 Å². The van der Waals surface area contributed by atoms with Gasteiger partial charge in [-0.25, -0.2) is 0 Å². The Hall–Kier alpha value is 1.04. The summed E-state index contributed by atoms with van der Waals surface area (Å²) in [6, 6.07) is 0. The molecule has 48 heavy (non-hydrogen) atoms. The topological polar surface area (TPSA) is 490 Å². The summed E-state index contributed by atoms with van der Waals surface area (Å²) in [7, 11) is -49.7. The Kier molecular flexibility index (Phi) is 16.1. The number of nitrogens with two attached hydrogens (primary N) is 1. The fourth-order valence-corrected chi connectivity index (χ4v) is 19.1. The van der Waals surface area contributed by atoms with Crippen LogP contribution in [0.3, 0.4) is 0 Å². The van der Waals surface area contributed by atoms with Crippen LogP contribution in [-0.4, -0.2) is 168 Å². The van der Waals surface area contributed by atoms with Gasteiger partial charge in [-0.3, -0.25) is 50.4 Å². The minimum Gasteiger partial charge on any atom is -0.326 e. The van der Waals surface area contributed by atoms with Crippen molar-refractivity contribution in [2.75, 3.05) is 53.4 Å². The molecule has 0 saturated carbocycles. The second kappa shape index (κ2) is 15.8. The average molecular weight is 872 g/mol. The predicted octanol–water partition coefficient (Wildman–Crippen LogP) is -4.30. The summed E-state index contributed by atoms with van der Waals surface area (Å²) in [4.78, 5) is 158. The molecule has 28 nitrogen and oxygen atoms in total. The molecule has 0 fully saturated rings. The van der Waals surface area contributed by atoms with Gasteiger partial charge >= 0.3 is 60.8 Å². The zero-order valence-electron chi connectivity index (χ0n) is 24.5. The SMILES string of the molecule is CN(CC[N+](CC[N+](C)(CCN)C(P(=O)(O)O)P(=O)(O)O)(C(P(=O)(O)O)P(=O)(O)O)C(P(=O)(O)O)P(=O)(O)O)C(P(=O)(O)O)P(=O)(O)O. The molecular formula is C12H40N4O24P8+2. The van der Waals surface area contributed by atoms with E-state index in [2.05, 4.69) is 0 Å². The van der Waals surface area contributed by atoms with Gasteiger partial charge < -0.3 is 84.0 Å². The van der Waals surface area contributed by atoms with Crippen molar-refractivity contribution in [3.8, 4) is 0 Å². The summed E-state index contributed by atoms with van der Waals surface area (Å²) < 4.78 is 94.6. The van der Waals surface area contributed by atoms with E-state index in [-0.39, 0.29) is 4.90 Å². The van der Waals surface area contributed by atoms with Crippen LogP contribution in [-0.2, 0) is 36.5 Å². The average Bonchev–Trinajstić information content (AvgIpc) is 2.68. The maximum absolute atomic E-state index is 12.7. The summed E-state index contributed by atoms with van der Waals surface area (Å²) in [6.45, 7) is -8.67. The van der Waals surface area contributed by atoms with E-state index in [4.69, 9.17) is 5.73 Å². The molecule has 18 N–H and O–H groups in total. The fourth-order valence-electron chi connectivity index (χ4n) is 5.43. The Morgan fingerprint density at radius 3 is 1.00 bits per heavy atom. The molecule has 0 bridgehead atoms. The third kappa shape index (κ3) is 12.9. The van der Waals surface area contributed by atoms with Gasteiger partial charge in [0, 0.05) is 13.1 Å². The molecular weight excluding hydrogens is 832 g/mol. The molecule has 0 heterocycles. The van der Waals surface area contributed by atoms with E-state index in [1.54, 1.807) is 0 Å². The van der Waals surface area contributed by atoms with Crippen molar-refractivity contribution in [2.24, 2.45) is 5.73 Å². The van der Waals surface area contributed by atoms with E-state index in [1.807, 2.05) is 0 Å². The molecule has 0 amide bonds. The van der Waals surface area contributed by atoms with E-state index >= 15 is 0 Å². The summed E-state index contributed by atoms with van der Waals surface area (Å²) in [5.74, 6) is 0. The lowest BCUT2D eigenvalue weighted by atomic mass is 10.3. The Bertz CT molecular complexity index is 1390. The molecule has 0 aliphatic carbocycles. The normalized spacial score (nSPS) is 16.8. The van der Waals surface area contributed by atoms with Gasteiger partial charge in [0.1, 0.15) is 13.1 Å². The molecule has 0 aliphatic heterocycles. The van der Waals surface area contributed by atoms with Crippen molar-refractivity contribution >= 4 is 60.8 Å². The van der Waals surface area contributed by atoms with Gasteiger partial charge in [-0.1, -0.05) is 0 Å². The molecule has 1 atom stereocenters. The zero-order chi connectivity index (χ0) is 39.1. The first-order chi connectivity index (χ1) is 20.6. The van der Waals surface area contributed by atoms with E-state index in [0.717, 1.165) is 0 Å². The third-order valence-electron chi connectivity index (χ3n) is 6.81. The van der Waals surface area contributed by atoms with Gasteiger partial charge in [0.2, 0.25) is 5.52 Å². The van der Waals surface area contributed by atoms with E-state index in [1.165, 1.54) is 0 Å². The Morgan fingerprint density at radius 1 is 0.479 bits per heavy atom. The van der Waals surface area contributed by atoms with Crippen LogP contribution in [0.5, 0.6) is 0 Å². The van der Waals surface area contributed by atoms with Gasteiger partial charge in [-0.05, 0) is 7.05 Å². The summed E-state index contributed by atoms with van der Waals surface area (Å²) in [5, 5.41) is 0. The highest BCUT2D eigenvalue weighted by atomic mass is 31.3. The molecule has 1 unspecified atom stereocenters. The number of nitrogens with zero attached hydrogens (tertiary/aromatic N) is 3. The Balaban J connectivity index is 8.40. The second-order valence-corrected chi connectivity index (χ2v) is 25.8. The standard InChI is InChI=1S/C12H38N4O24P8/c1-14(9(41(17,18)19)42(20,21)22)4-6-16(11(45(29,30)31)46(32,33)34,12(47(35,36)37)48(38,39)40)8-7-15(2,5-3-13)10(43(23,24)25)44(26,27)28/h9-12H,3-8,13H2,1-2H3,(H14-2,17,18,19,20,21,22,23,24,25,26,27,28,29,30,31,32,33,34,35,36,37,38,39,40)/p+2. The van der Waals surface area contributed by atoms with Crippen molar-refractivity contribution in [3.63, 3.8) is 0 Å². The summed E-state index contributed by atoms with van der Waals surface area (Å²) >= 11 is 0. The fraction of sp³-hybridized carbons (Fsp3) is 1.00. The minimum atomic E-state index is -6.69. The molecule has 290 valence electrons. The number of hydrogen-bond donors (Lipinski definition) is 17. The Labute approximate surface area is 270 Å². The van der Waals surface area contributed by atoms with Crippen LogP contribution in [0.2, 0.25) is 0 Å². The first-order valence-electron chi connectivity index (χ1n) is 12.1. The lowest BCUT2D eigenvalue weighted by Gasteiger charge is -2.50.